The molecule has 0 saturated heterocycles. The zero-order valence-corrected chi connectivity index (χ0v) is 12.4. The lowest BCUT2D eigenvalue weighted by atomic mass is 10.0. The van der Waals surface area contributed by atoms with Crippen molar-refractivity contribution in [1.29, 1.82) is 0 Å². The third kappa shape index (κ3) is 4.66. The Balaban J connectivity index is 2.90. The lowest BCUT2D eigenvalue weighted by Gasteiger charge is -2.17. The number of benzene rings is 1. The van der Waals surface area contributed by atoms with Gasteiger partial charge in [0.15, 0.2) is 0 Å². The van der Waals surface area contributed by atoms with E-state index in [9.17, 15) is 22.0 Å². The number of anilines is 1. The van der Waals surface area contributed by atoms with E-state index in [1.807, 2.05) is 13.8 Å². The zero-order valence-electron chi connectivity index (χ0n) is 11.6. The molecule has 0 bridgehead atoms. The Morgan fingerprint density at radius 3 is 2.14 bits per heavy atom. The normalized spacial score (nSPS) is 13.4. The summed E-state index contributed by atoms with van der Waals surface area (Å²) in [4.78, 5) is 10.6. The summed E-state index contributed by atoms with van der Waals surface area (Å²) in [6.07, 6.45) is 0.381. The van der Waals surface area contributed by atoms with Crippen molar-refractivity contribution in [2.45, 2.75) is 37.0 Å². The summed E-state index contributed by atoms with van der Waals surface area (Å²) in [6.45, 7) is 3.74. The van der Waals surface area contributed by atoms with Crippen LogP contribution in [0.25, 0.3) is 0 Å². The predicted octanol–water partition coefficient (Wildman–Crippen LogP) is 2.59. The number of hydrogen-bond acceptors (Lipinski definition) is 4. The van der Waals surface area contributed by atoms with Crippen LogP contribution in [0.3, 0.4) is 0 Å². The molecule has 21 heavy (non-hydrogen) atoms. The molecule has 0 spiro atoms. The van der Waals surface area contributed by atoms with Gasteiger partial charge < -0.3 is 10.4 Å². The fourth-order valence-electron chi connectivity index (χ4n) is 1.74. The number of rotatable bonds is 7. The fourth-order valence-corrected chi connectivity index (χ4v) is 2.46. The number of aliphatic carboxylic acids is 1. The molecule has 0 aliphatic carbocycles. The average molecular weight is 321 g/mol. The SMILES string of the molecule is CC(C)CC(Nc1ccc(S(=O)(=O)C(F)F)cc1)C(=O)O. The smallest absolute Gasteiger partial charge is 0.341 e. The number of hydrogen-bond donors (Lipinski definition) is 2. The van der Waals surface area contributed by atoms with Crippen molar-refractivity contribution in [1.82, 2.24) is 0 Å². The third-order valence-electron chi connectivity index (χ3n) is 2.76. The van der Waals surface area contributed by atoms with Crippen molar-refractivity contribution < 1.29 is 27.1 Å². The molecule has 1 atom stereocenters. The summed E-state index contributed by atoms with van der Waals surface area (Å²) < 4.78 is 47.3. The van der Waals surface area contributed by atoms with Gasteiger partial charge in [0.2, 0.25) is 9.84 Å². The number of sulfone groups is 1. The van der Waals surface area contributed by atoms with Gasteiger partial charge in [-0.3, -0.25) is 0 Å². The van der Waals surface area contributed by atoms with E-state index in [0.717, 1.165) is 12.1 Å². The largest absolute Gasteiger partial charge is 0.480 e. The Hall–Kier alpha value is -1.70. The van der Waals surface area contributed by atoms with E-state index in [1.54, 1.807) is 0 Å². The number of halogens is 2. The maximum absolute atomic E-state index is 12.4. The van der Waals surface area contributed by atoms with E-state index >= 15 is 0 Å². The fraction of sp³-hybridized carbons (Fsp3) is 0.462. The molecule has 0 saturated carbocycles. The van der Waals surface area contributed by atoms with Gasteiger partial charge in [0, 0.05) is 5.69 Å². The Bertz CT molecular complexity index is 585. The van der Waals surface area contributed by atoms with E-state index in [-0.39, 0.29) is 5.92 Å². The average Bonchev–Trinajstić information content (AvgIpc) is 2.37. The van der Waals surface area contributed by atoms with Crippen LogP contribution < -0.4 is 5.32 Å². The summed E-state index contributed by atoms with van der Waals surface area (Å²) in [7, 11) is -4.63. The summed E-state index contributed by atoms with van der Waals surface area (Å²) in [5, 5.41) is 11.8. The molecule has 1 aromatic carbocycles. The Kier molecular flexibility index (Phi) is 5.65. The van der Waals surface area contributed by atoms with Gasteiger partial charge in [-0.1, -0.05) is 13.8 Å². The van der Waals surface area contributed by atoms with Gasteiger partial charge in [0.05, 0.1) is 4.90 Å². The molecule has 118 valence electrons. The number of carboxylic acid groups (broad SMARTS) is 1. The van der Waals surface area contributed by atoms with Crippen LogP contribution in [0.15, 0.2) is 29.2 Å². The van der Waals surface area contributed by atoms with Crippen LogP contribution in [0.5, 0.6) is 0 Å². The second kappa shape index (κ2) is 6.84. The van der Waals surface area contributed by atoms with E-state index < -0.39 is 32.5 Å². The summed E-state index contributed by atoms with van der Waals surface area (Å²) in [5.74, 6) is -4.37. The predicted molar refractivity (Wildman–Crippen MR) is 74.1 cm³/mol. The lowest BCUT2D eigenvalue weighted by molar-refractivity contribution is -0.138. The summed E-state index contributed by atoms with van der Waals surface area (Å²) in [6, 6.07) is 3.76. The number of nitrogens with one attached hydrogen (secondary N) is 1. The van der Waals surface area contributed by atoms with Gasteiger partial charge in [-0.05, 0) is 36.6 Å². The molecule has 8 heteroatoms. The van der Waals surface area contributed by atoms with Crippen LogP contribution >= 0.6 is 0 Å². The van der Waals surface area contributed by atoms with E-state index in [0.29, 0.717) is 12.1 Å². The second-order valence-electron chi connectivity index (χ2n) is 4.99. The maximum atomic E-state index is 12.4. The van der Waals surface area contributed by atoms with Gasteiger partial charge in [0.25, 0.3) is 0 Å². The molecule has 0 fully saturated rings. The highest BCUT2D eigenvalue weighted by molar-refractivity contribution is 7.91. The second-order valence-corrected chi connectivity index (χ2v) is 6.91. The quantitative estimate of drug-likeness (QED) is 0.806. The van der Waals surface area contributed by atoms with Crippen LogP contribution in [-0.2, 0) is 14.6 Å². The molecule has 0 aromatic heterocycles. The highest BCUT2D eigenvalue weighted by Crippen LogP contribution is 2.21. The van der Waals surface area contributed by atoms with Crippen molar-refractivity contribution in [2.24, 2.45) is 5.92 Å². The molecule has 0 aliphatic rings. The van der Waals surface area contributed by atoms with E-state index in [4.69, 9.17) is 5.11 Å². The van der Waals surface area contributed by atoms with Crippen molar-refractivity contribution in [3.8, 4) is 0 Å². The Morgan fingerprint density at radius 1 is 1.24 bits per heavy atom. The van der Waals surface area contributed by atoms with Crippen molar-refractivity contribution in [3.63, 3.8) is 0 Å². The van der Waals surface area contributed by atoms with Crippen LogP contribution in [-0.4, -0.2) is 31.3 Å². The minimum atomic E-state index is -4.63. The molecule has 0 radical (unpaired) electrons. The Labute approximate surface area is 121 Å². The molecule has 0 aliphatic heterocycles. The topological polar surface area (TPSA) is 83.5 Å². The molecule has 0 heterocycles. The third-order valence-corrected chi connectivity index (χ3v) is 4.16. The van der Waals surface area contributed by atoms with Crippen molar-refractivity contribution >= 4 is 21.5 Å². The molecular formula is C13H17F2NO4S. The van der Waals surface area contributed by atoms with Crippen LogP contribution in [0.2, 0.25) is 0 Å². The van der Waals surface area contributed by atoms with Crippen LogP contribution in [0.4, 0.5) is 14.5 Å². The number of carbonyl (C=O) groups is 1. The first-order chi connectivity index (χ1) is 9.64. The van der Waals surface area contributed by atoms with Gasteiger partial charge in [-0.2, -0.15) is 8.78 Å². The lowest BCUT2D eigenvalue weighted by Crippen LogP contribution is -2.30. The monoisotopic (exact) mass is 321 g/mol. The molecule has 1 unspecified atom stereocenters. The molecule has 2 N–H and O–H groups in total. The zero-order chi connectivity index (χ0) is 16.2. The first-order valence-electron chi connectivity index (χ1n) is 6.26. The van der Waals surface area contributed by atoms with Crippen LogP contribution in [0, 0.1) is 5.92 Å². The highest BCUT2D eigenvalue weighted by atomic mass is 32.2. The van der Waals surface area contributed by atoms with Gasteiger partial charge in [0.1, 0.15) is 6.04 Å². The standard InChI is InChI=1S/C13H17F2NO4S/c1-8(2)7-11(12(17)18)16-9-3-5-10(6-4-9)21(19,20)13(14)15/h3-6,8,11,13,16H,7H2,1-2H3,(H,17,18). The van der Waals surface area contributed by atoms with Gasteiger partial charge >= 0.3 is 11.7 Å². The first kappa shape index (κ1) is 17.4. The van der Waals surface area contributed by atoms with Crippen molar-refractivity contribution in [2.75, 3.05) is 5.32 Å². The molecule has 1 aromatic rings. The van der Waals surface area contributed by atoms with Gasteiger partial charge in [-0.15, -0.1) is 0 Å². The maximum Gasteiger partial charge on any atom is 0.341 e. The highest BCUT2D eigenvalue weighted by Gasteiger charge is 2.26. The van der Waals surface area contributed by atoms with Gasteiger partial charge in [-0.25, -0.2) is 13.2 Å². The first-order valence-corrected chi connectivity index (χ1v) is 7.80. The molecule has 5 nitrogen and oxygen atoms in total. The number of carboxylic acids is 1. The number of alkyl halides is 2. The molecular weight excluding hydrogens is 304 g/mol. The minimum absolute atomic E-state index is 0.150. The minimum Gasteiger partial charge on any atom is -0.480 e. The van der Waals surface area contributed by atoms with Crippen molar-refractivity contribution in [3.05, 3.63) is 24.3 Å². The summed E-state index contributed by atoms with van der Waals surface area (Å²) >= 11 is 0. The summed E-state index contributed by atoms with van der Waals surface area (Å²) in [5.41, 5.74) is 0.358. The Morgan fingerprint density at radius 2 is 1.76 bits per heavy atom. The van der Waals surface area contributed by atoms with E-state index in [2.05, 4.69) is 5.32 Å². The molecule has 0 amide bonds. The van der Waals surface area contributed by atoms with Crippen LogP contribution in [0.1, 0.15) is 20.3 Å². The van der Waals surface area contributed by atoms with E-state index in [1.165, 1.54) is 12.1 Å². The molecule has 1 rings (SSSR count).